The molecule has 1 heterocycles. The van der Waals surface area contributed by atoms with E-state index in [-0.39, 0.29) is 0 Å². The summed E-state index contributed by atoms with van der Waals surface area (Å²) in [7, 11) is 0. The number of aldehydes is 1. The van der Waals surface area contributed by atoms with Gasteiger partial charge in [0, 0.05) is 12.2 Å². The molecule has 1 aliphatic heterocycles. The van der Waals surface area contributed by atoms with Gasteiger partial charge in [0.25, 0.3) is 0 Å². The average molecular weight is 124 g/mol. The van der Waals surface area contributed by atoms with E-state index in [1.807, 2.05) is 0 Å². The van der Waals surface area contributed by atoms with Crippen molar-refractivity contribution in [2.24, 2.45) is 0 Å². The second kappa shape index (κ2) is 2.26. The Morgan fingerprint density at radius 2 is 2.22 bits per heavy atom. The third-order valence-electron chi connectivity index (χ3n) is 0.834. The topological polar surface area (TPSA) is 43.4 Å². The molecule has 0 saturated carbocycles. The molecule has 0 aromatic heterocycles. The molecule has 9 heavy (non-hydrogen) atoms. The van der Waals surface area contributed by atoms with Gasteiger partial charge in [-0.2, -0.15) is 0 Å². The Balaban J connectivity index is 2.70. The van der Waals surface area contributed by atoms with Crippen LogP contribution in [0.1, 0.15) is 0 Å². The van der Waals surface area contributed by atoms with Gasteiger partial charge in [0.1, 0.15) is 12.0 Å². The van der Waals surface area contributed by atoms with Crippen LogP contribution in [0.3, 0.4) is 0 Å². The van der Waals surface area contributed by atoms with Gasteiger partial charge < -0.3 is 4.74 Å². The van der Waals surface area contributed by atoms with Gasteiger partial charge in [-0.05, 0) is 6.08 Å². The fourth-order valence-corrected chi connectivity index (χ4v) is 0.491. The first-order chi connectivity index (χ1) is 4.33. The molecule has 3 nitrogen and oxygen atoms in total. The van der Waals surface area contributed by atoms with Crippen molar-refractivity contribution in [1.29, 1.82) is 0 Å². The van der Waals surface area contributed by atoms with Crippen LogP contribution in [0, 0.1) is 0 Å². The maximum Gasteiger partial charge on any atom is 0.336 e. The molecular formula is C6H4O3. The van der Waals surface area contributed by atoms with Gasteiger partial charge in [-0.25, -0.2) is 4.79 Å². The van der Waals surface area contributed by atoms with Gasteiger partial charge in [-0.3, -0.25) is 4.79 Å². The first-order valence-corrected chi connectivity index (χ1v) is 2.38. The van der Waals surface area contributed by atoms with Crippen molar-refractivity contribution in [2.75, 3.05) is 0 Å². The summed E-state index contributed by atoms with van der Waals surface area (Å²) < 4.78 is 4.48. The van der Waals surface area contributed by atoms with Crippen LogP contribution >= 0.6 is 0 Å². The second-order valence-electron chi connectivity index (χ2n) is 1.46. The molecule has 0 aliphatic carbocycles. The van der Waals surface area contributed by atoms with Crippen molar-refractivity contribution in [3.8, 4) is 0 Å². The van der Waals surface area contributed by atoms with E-state index in [1.165, 1.54) is 18.2 Å². The van der Waals surface area contributed by atoms with Gasteiger partial charge in [0.2, 0.25) is 0 Å². The maximum atomic E-state index is 10.3. The number of cyclic esters (lactones) is 1. The maximum absolute atomic E-state index is 10.3. The first kappa shape index (κ1) is 5.75. The lowest BCUT2D eigenvalue weighted by molar-refractivity contribution is -0.132. The molecule has 0 amide bonds. The molecule has 3 heteroatoms. The zero-order valence-corrected chi connectivity index (χ0v) is 4.53. The summed E-state index contributed by atoms with van der Waals surface area (Å²) in [6.07, 6.45) is 4.45. The molecule has 0 spiro atoms. The molecule has 0 radical (unpaired) electrons. The fraction of sp³-hybridized carbons (Fsp3) is 0. The molecule has 46 valence electrons. The minimum absolute atomic E-state index is 0.301. The molecule has 0 unspecified atom stereocenters. The van der Waals surface area contributed by atoms with Crippen LogP contribution in [0.2, 0.25) is 0 Å². The molecule has 0 aromatic carbocycles. The molecule has 1 aliphatic rings. The monoisotopic (exact) mass is 124 g/mol. The van der Waals surface area contributed by atoms with Crippen LogP contribution in [0.4, 0.5) is 0 Å². The summed E-state index contributed by atoms with van der Waals surface area (Å²) in [5.74, 6) is -0.127. The molecule has 0 fully saturated rings. The highest BCUT2D eigenvalue weighted by atomic mass is 16.5. The number of rotatable bonds is 1. The van der Waals surface area contributed by atoms with Gasteiger partial charge in [-0.15, -0.1) is 0 Å². The van der Waals surface area contributed by atoms with Gasteiger partial charge >= 0.3 is 5.97 Å². The normalized spacial score (nSPS) is 20.4. The molecular weight excluding hydrogens is 120 g/mol. The van der Waals surface area contributed by atoms with Crippen LogP contribution in [0.25, 0.3) is 0 Å². The van der Waals surface area contributed by atoms with Crippen LogP contribution in [-0.4, -0.2) is 12.3 Å². The predicted molar refractivity (Wildman–Crippen MR) is 29.4 cm³/mol. The Bertz CT molecular complexity index is 200. The highest BCUT2D eigenvalue weighted by Crippen LogP contribution is 2.06. The minimum Gasteiger partial charge on any atom is -0.423 e. The summed E-state index contributed by atoms with van der Waals surface area (Å²) in [5.41, 5.74) is 0. The largest absolute Gasteiger partial charge is 0.423 e. The molecule has 0 N–H and O–H groups in total. The van der Waals surface area contributed by atoms with Crippen molar-refractivity contribution >= 4 is 12.3 Å². The third kappa shape index (κ3) is 1.25. The van der Waals surface area contributed by atoms with E-state index >= 15 is 0 Å². The molecule has 0 saturated heterocycles. The summed E-state index contributed by atoms with van der Waals surface area (Å²) >= 11 is 0. The van der Waals surface area contributed by atoms with Crippen molar-refractivity contribution < 1.29 is 14.3 Å². The smallest absolute Gasteiger partial charge is 0.336 e. The Morgan fingerprint density at radius 3 is 2.67 bits per heavy atom. The highest BCUT2D eigenvalue weighted by Gasteiger charge is 2.07. The zero-order valence-electron chi connectivity index (χ0n) is 4.53. The average Bonchev–Trinajstić information content (AvgIpc) is 2.17. The standard InChI is InChI=1S/C6H4O3/c7-4-3-5-1-2-6(8)9-5/h1-4H/b5-3+. The third-order valence-corrected chi connectivity index (χ3v) is 0.834. The molecule has 0 atom stereocenters. The predicted octanol–water partition coefficient (Wildman–Crippen LogP) is 0.182. The zero-order chi connectivity index (χ0) is 6.69. The van der Waals surface area contributed by atoms with E-state index in [1.54, 1.807) is 0 Å². The van der Waals surface area contributed by atoms with Crippen LogP contribution in [-0.2, 0) is 14.3 Å². The first-order valence-electron chi connectivity index (χ1n) is 2.38. The van der Waals surface area contributed by atoms with Crippen LogP contribution < -0.4 is 0 Å². The number of carbonyl (C=O) groups excluding carboxylic acids is 2. The quantitative estimate of drug-likeness (QED) is 0.284. The van der Waals surface area contributed by atoms with Crippen LogP contribution in [0.15, 0.2) is 24.0 Å². The lowest BCUT2D eigenvalue weighted by Crippen LogP contribution is -1.89. The SMILES string of the molecule is O=C/C=C1\C=CC(=O)O1. The van der Waals surface area contributed by atoms with E-state index in [4.69, 9.17) is 0 Å². The number of allylic oxidation sites excluding steroid dienone is 2. The number of carbonyl (C=O) groups is 2. The fourth-order valence-electron chi connectivity index (χ4n) is 0.491. The highest BCUT2D eigenvalue weighted by molar-refractivity contribution is 5.87. The summed E-state index contributed by atoms with van der Waals surface area (Å²) in [4.78, 5) is 20.0. The van der Waals surface area contributed by atoms with Crippen molar-refractivity contribution in [2.45, 2.75) is 0 Å². The van der Waals surface area contributed by atoms with Crippen LogP contribution in [0.5, 0.6) is 0 Å². The lowest BCUT2D eigenvalue weighted by Gasteiger charge is -1.88. The Kier molecular flexibility index (Phi) is 1.44. The van der Waals surface area contributed by atoms with E-state index in [0.29, 0.717) is 12.0 Å². The number of ether oxygens (including phenoxy) is 1. The lowest BCUT2D eigenvalue weighted by atomic mass is 10.4. The minimum atomic E-state index is -0.428. The molecule has 0 bridgehead atoms. The summed E-state index contributed by atoms with van der Waals surface area (Å²) in [6, 6.07) is 0. The van der Waals surface area contributed by atoms with E-state index < -0.39 is 5.97 Å². The Hall–Kier alpha value is -1.38. The molecule has 0 aromatic rings. The van der Waals surface area contributed by atoms with Crippen molar-refractivity contribution in [3.63, 3.8) is 0 Å². The number of esters is 1. The van der Waals surface area contributed by atoms with E-state index in [9.17, 15) is 9.59 Å². The Morgan fingerprint density at radius 1 is 1.44 bits per heavy atom. The summed E-state index contributed by atoms with van der Waals surface area (Å²) in [5, 5.41) is 0. The van der Waals surface area contributed by atoms with Crippen molar-refractivity contribution in [1.82, 2.24) is 0 Å². The Labute approximate surface area is 51.6 Å². The van der Waals surface area contributed by atoms with E-state index in [2.05, 4.69) is 4.74 Å². The summed E-state index contributed by atoms with van der Waals surface area (Å²) in [6.45, 7) is 0. The molecule has 1 rings (SSSR count). The van der Waals surface area contributed by atoms with E-state index in [0.717, 1.165) is 0 Å². The van der Waals surface area contributed by atoms with Gasteiger partial charge in [0.05, 0.1) is 0 Å². The van der Waals surface area contributed by atoms with Gasteiger partial charge in [0.15, 0.2) is 0 Å². The number of hydrogen-bond donors (Lipinski definition) is 0. The van der Waals surface area contributed by atoms with Crippen molar-refractivity contribution in [3.05, 3.63) is 24.0 Å². The second-order valence-corrected chi connectivity index (χ2v) is 1.46. The number of hydrogen-bond acceptors (Lipinski definition) is 3. The van der Waals surface area contributed by atoms with Gasteiger partial charge in [-0.1, -0.05) is 0 Å².